The number of aromatic nitrogens is 1. The summed E-state index contributed by atoms with van der Waals surface area (Å²) in [6, 6.07) is 2.56. The zero-order chi connectivity index (χ0) is 15.5. The second-order valence-electron chi connectivity index (χ2n) is 3.89. The third-order valence-electron chi connectivity index (χ3n) is 2.30. The van der Waals surface area contributed by atoms with Crippen LogP contribution in [0.5, 0.6) is 5.88 Å². The summed E-state index contributed by atoms with van der Waals surface area (Å²) in [4.78, 5) is 14.7. The Morgan fingerprint density at radius 2 is 1.76 bits per heavy atom. The van der Waals surface area contributed by atoms with Gasteiger partial charge in [-0.05, 0) is 6.07 Å². The third kappa shape index (κ3) is 7.81. The average Bonchev–Trinajstić information content (AvgIpc) is 2.45. The van der Waals surface area contributed by atoms with Gasteiger partial charge >= 0.3 is 5.97 Å². The van der Waals surface area contributed by atoms with Gasteiger partial charge in [0.2, 0.25) is 5.88 Å². The largest absolute Gasteiger partial charge is 0.478 e. The van der Waals surface area contributed by atoms with Gasteiger partial charge in [-0.2, -0.15) is 0 Å². The van der Waals surface area contributed by atoms with Crippen molar-refractivity contribution in [1.29, 1.82) is 0 Å². The molecule has 0 atom stereocenters. The Balaban J connectivity index is 2.17. The number of hydrogen-bond acceptors (Lipinski definition) is 6. The molecule has 1 N–H and O–H groups in total. The average molecular weight is 320 g/mol. The highest BCUT2D eigenvalue weighted by Gasteiger charge is 2.08. The maximum atomic E-state index is 10.8. The molecule has 8 heteroatoms. The van der Waals surface area contributed by atoms with E-state index in [0.717, 1.165) is 0 Å². The van der Waals surface area contributed by atoms with Crippen LogP contribution in [0.4, 0.5) is 0 Å². The van der Waals surface area contributed by atoms with Crippen molar-refractivity contribution >= 4 is 17.6 Å². The molecule has 0 saturated heterocycles. The molecule has 0 aliphatic heterocycles. The minimum Gasteiger partial charge on any atom is -0.478 e. The van der Waals surface area contributed by atoms with Gasteiger partial charge in [-0.15, -0.1) is 0 Å². The summed E-state index contributed by atoms with van der Waals surface area (Å²) in [6.07, 6.45) is 0. The predicted octanol–water partition coefficient (Wildman–Crippen LogP) is 1.49. The molecule has 1 rings (SSSR count). The van der Waals surface area contributed by atoms with E-state index in [-0.39, 0.29) is 23.2 Å². The zero-order valence-corrected chi connectivity index (χ0v) is 12.5. The van der Waals surface area contributed by atoms with Gasteiger partial charge in [0.05, 0.1) is 38.6 Å². The first-order valence-electron chi connectivity index (χ1n) is 6.31. The molecular weight excluding hydrogens is 302 g/mol. The fourth-order valence-electron chi connectivity index (χ4n) is 1.34. The summed E-state index contributed by atoms with van der Waals surface area (Å²) in [5.74, 6) is -0.937. The van der Waals surface area contributed by atoms with Crippen LogP contribution in [0, 0.1) is 0 Å². The molecule has 0 saturated carbocycles. The number of carbonyl (C=O) groups is 1. The lowest BCUT2D eigenvalue weighted by Crippen LogP contribution is -2.13. The van der Waals surface area contributed by atoms with Gasteiger partial charge in [0.15, 0.2) is 0 Å². The molecule has 0 aliphatic carbocycles. The highest BCUT2D eigenvalue weighted by Crippen LogP contribution is 2.16. The number of carboxylic acid groups (broad SMARTS) is 1. The number of nitrogens with zero attached hydrogens (tertiary/aromatic N) is 1. The second kappa shape index (κ2) is 10.3. The Hall–Kier alpha value is -1.41. The van der Waals surface area contributed by atoms with E-state index in [9.17, 15) is 4.79 Å². The molecule has 1 aromatic rings. The topological polar surface area (TPSA) is 87.1 Å². The fraction of sp³-hybridized carbons (Fsp3) is 0.538. The third-order valence-corrected chi connectivity index (χ3v) is 2.49. The maximum absolute atomic E-state index is 10.8. The van der Waals surface area contributed by atoms with Crippen molar-refractivity contribution < 1.29 is 28.8 Å². The predicted molar refractivity (Wildman–Crippen MR) is 75.2 cm³/mol. The fourth-order valence-corrected chi connectivity index (χ4v) is 1.54. The lowest BCUT2D eigenvalue weighted by molar-refractivity contribution is 0.0176. The molecule has 0 unspecified atom stereocenters. The summed E-state index contributed by atoms with van der Waals surface area (Å²) in [7, 11) is 1.61. The van der Waals surface area contributed by atoms with Crippen LogP contribution in [-0.2, 0) is 14.2 Å². The molecule has 21 heavy (non-hydrogen) atoms. The summed E-state index contributed by atoms with van der Waals surface area (Å²) in [5.41, 5.74) is 0.0254. The zero-order valence-electron chi connectivity index (χ0n) is 11.7. The van der Waals surface area contributed by atoms with E-state index in [1.807, 2.05) is 0 Å². The van der Waals surface area contributed by atoms with E-state index < -0.39 is 5.97 Å². The van der Waals surface area contributed by atoms with Gasteiger partial charge in [0.25, 0.3) is 0 Å². The number of methoxy groups -OCH3 is 1. The Bertz CT molecular complexity index is 443. The van der Waals surface area contributed by atoms with Crippen LogP contribution in [0.3, 0.4) is 0 Å². The van der Waals surface area contributed by atoms with Crippen LogP contribution in [0.1, 0.15) is 10.4 Å². The van der Waals surface area contributed by atoms with Crippen LogP contribution >= 0.6 is 11.6 Å². The molecule has 0 radical (unpaired) electrons. The van der Waals surface area contributed by atoms with Gasteiger partial charge in [-0.1, -0.05) is 11.6 Å². The van der Waals surface area contributed by atoms with Crippen molar-refractivity contribution in [2.75, 3.05) is 46.8 Å². The summed E-state index contributed by atoms with van der Waals surface area (Å²) < 4.78 is 20.6. The molecule has 0 aliphatic rings. The Kier molecular flexibility index (Phi) is 8.68. The number of rotatable bonds is 11. The molecular formula is C13H18ClNO6. The Morgan fingerprint density at radius 1 is 1.14 bits per heavy atom. The summed E-state index contributed by atoms with van der Waals surface area (Å²) in [6.45, 7) is 2.57. The minimum atomic E-state index is -1.09. The molecule has 118 valence electrons. The highest BCUT2D eigenvalue weighted by atomic mass is 35.5. The smallest absolute Gasteiger partial charge is 0.335 e. The first-order valence-corrected chi connectivity index (χ1v) is 6.69. The second-order valence-corrected chi connectivity index (χ2v) is 4.28. The molecule has 1 heterocycles. The molecule has 0 spiro atoms. The Labute approximate surface area is 127 Å². The van der Waals surface area contributed by atoms with Gasteiger partial charge in [0.1, 0.15) is 11.8 Å². The van der Waals surface area contributed by atoms with Crippen LogP contribution in [0.25, 0.3) is 0 Å². The standard InChI is InChI=1S/C13H18ClNO6/c1-18-2-3-19-4-5-20-6-7-21-12-9-10(13(16)17)8-11(14)15-12/h8-9H,2-7H2,1H3,(H,16,17). The minimum absolute atomic E-state index is 0.0254. The first kappa shape index (κ1) is 17.6. The van der Waals surface area contributed by atoms with E-state index in [0.29, 0.717) is 33.0 Å². The van der Waals surface area contributed by atoms with E-state index >= 15 is 0 Å². The monoisotopic (exact) mass is 319 g/mol. The van der Waals surface area contributed by atoms with Crippen LogP contribution in [0.2, 0.25) is 5.15 Å². The van der Waals surface area contributed by atoms with Gasteiger partial charge in [-0.3, -0.25) is 0 Å². The number of pyridine rings is 1. The van der Waals surface area contributed by atoms with Crippen molar-refractivity contribution in [3.05, 3.63) is 22.8 Å². The summed E-state index contributed by atoms with van der Waals surface area (Å²) >= 11 is 5.70. The molecule has 1 aromatic heterocycles. The van der Waals surface area contributed by atoms with Crippen LogP contribution < -0.4 is 4.74 Å². The van der Waals surface area contributed by atoms with Crippen LogP contribution in [-0.4, -0.2) is 62.8 Å². The van der Waals surface area contributed by atoms with E-state index in [4.69, 9.17) is 35.7 Å². The highest BCUT2D eigenvalue weighted by molar-refractivity contribution is 6.29. The number of ether oxygens (including phenoxy) is 4. The maximum Gasteiger partial charge on any atom is 0.335 e. The number of aromatic carboxylic acids is 1. The Morgan fingerprint density at radius 3 is 2.38 bits per heavy atom. The molecule has 7 nitrogen and oxygen atoms in total. The van der Waals surface area contributed by atoms with Crippen molar-refractivity contribution in [3.8, 4) is 5.88 Å². The quantitative estimate of drug-likeness (QED) is 0.488. The van der Waals surface area contributed by atoms with Crippen molar-refractivity contribution in [2.24, 2.45) is 0 Å². The number of halogens is 1. The van der Waals surface area contributed by atoms with E-state index in [1.165, 1.54) is 12.1 Å². The summed E-state index contributed by atoms with van der Waals surface area (Å²) in [5, 5.41) is 8.94. The lowest BCUT2D eigenvalue weighted by atomic mass is 10.3. The molecule has 0 fully saturated rings. The number of carboxylic acids is 1. The lowest BCUT2D eigenvalue weighted by Gasteiger charge is -2.08. The van der Waals surface area contributed by atoms with Crippen molar-refractivity contribution in [3.63, 3.8) is 0 Å². The molecule has 0 aromatic carbocycles. The number of hydrogen-bond donors (Lipinski definition) is 1. The van der Waals surface area contributed by atoms with Gasteiger partial charge in [0, 0.05) is 13.2 Å². The first-order chi connectivity index (χ1) is 10.1. The SMILES string of the molecule is COCCOCCOCCOc1cc(C(=O)O)cc(Cl)n1. The van der Waals surface area contributed by atoms with Crippen molar-refractivity contribution in [1.82, 2.24) is 4.98 Å². The van der Waals surface area contributed by atoms with Gasteiger partial charge in [-0.25, -0.2) is 9.78 Å². The normalized spacial score (nSPS) is 10.6. The molecule has 0 bridgehead atoms. The van der Waals surface area contributed by atoms with Crippen molar-refractivity contribution in [2.45, 2.75) is 0 Å². The van der Waals surface area contributed by atoms with Gasteiger partial charge < -0.3 is 24.1 Å². The van der Waals surface area contributed by atoms with E-state index in [2.05, 4.69) is 4.98 Å². The van der Waals surface area contributed by atoms with Crippen LogP contribution in [0.15, 0.2) is 12.1 Å². The molecule has 0 amide bonds. The van der Waals surface area contributed by atoms with E-state index in [1.54, 1.807) is 7.11 Å².